The second kappa shape index (κ2) is 6.79. The average molecular weight is 282 g/mol. The van der Waals surface area contributed by atoms with Gasteiger partial charge in [0.1, 0.15) is 5.60 Å². The number of nitrogens with zero attached hydrogens (tertiary/aromatic N) is 1. The molecule has 20 heavy (non-hydrogen) atoms. The Kier molecular flexibility index (Phi) is 5.30. The Hall–Kier alpha value is -0.770. The Balaban J connectivity index is 1.68. The van der Waals surface area contributed by atoms with Crippen LogP contribution in [0.3, 0.4) is 0 Å². The van der Waals surface area contributed by atoms with Crippen LogP contribution in [0.25, 0.3) is 0 Å². The highest BCUT2D eigenvalue weighted by molar-refractivity contribution is 5.68. The molecule has 2 rings (SSSR count). The van der Waals surface area contributed by atoms with Crippen LogP contribution in [0, 0.1) is 5.92 Å². The number of carbonyl (C=O) groups is 1. The highest BCUT2D eigenvalue weighted by Gasteiger charge is 2.27. The zero-order valence-electron chi connectivity index (χ0n) is 13.3. The van der Waals surface area contributed by atoms with E-state index in [1.54, 1.807) is 0 Å². The van der Waals surface area contributed by atoms with Crippen molar-refractivity contribution in [3.63, 3.8) is 0 Å². The first-order chi connectivity index (χ1) is 9.42. The Morgan fingerprint density at radius 1 is 1.20 bits per heavy atom. The number of hydrogen-bond donors (Lipinski definition) is 1. The van der Waals surface area contributed by atoms with Crippen LogP contribution in [0.15, 0.2) is 0 Å². The van der Waals surface area contributed by atoms with Gasteiger partial charge < -0.3 is 15.0 Å². The average Bonchev–Trinajstić information content (AvgIpc) is 2.75. The summed E-state index contributed by atoms with van der Waals surface area (Å²) < 4.78 is 5.32. The molecular weight excluding hydrogens is 252 g/mol. The summed E-state index contributed by atoms with van der Waals surface area (Å²) in [6, 6.07) is 0.258. The zero-order valence-corrected chi connectivity index (χ0v) is 13.3. The third-order valence-corrected chi connectivity index (χ3v) is 4.23. The van der Waals surface area contributed by atoms with Crippen molar-refractivity contribution in [2.75, 3.05) is 19.6 Å². The number of rotatable bonds is 3. The molecule has 1 atom stereocenters. The second-order valence-corrected chi connectivity index (χ2v) is 7.40. The monoisotopic (exact) mass is 282 g/mol. The van der Waals surface area contributed by atoms with Crippen molar-refractivity contribution in [1.82, 2.24) is 10.2 Å². The molecule has 0 unspecified atom stereocenters. The molecule has 1 heterocycles. The topological polar surface area (TPSA) is 41.6 Å². The largest absolute Gasteiger partial charge is 0.444 e. The number of nitrogens with one attached hydrogen (secondary N) is 1. The molecular formula is C16H30N2O2. The van der Waals surface area contributed by atoms with E-state index in [-0.39, 0.29) is 12.1 Å². The fourth-order valence-corrected chi connectivity index (χ4v) is 3.33. The summed E-state index contributed by atoms with van der Waals surface area (Å²) in [7, 11) is 0. The predicted octanol–water partition coefficient (Wildman–Crippen LogP) is 3.17. The van der Waals surface area contributed by atoms with Crippen LogP contribution in [0.4, 0.5) is 4.79 Å². The molecule has 1 amide bonds. The first-order valence-electron chi connectivity index (χ1n) is 8.14. The zero-order chi connectivity index (χ0) is 14.6. The van der Waals surface area contributed by atoms with Gasteiger partial charge in [-0.1, -0.05) is 19.3 Å². The number of carbonyl (C=O) groups excluding carboxylic acids is 1. The van der Waals surface area contributed by atoms with E-state index in [1.165, 1.54) is 38.6 Å². The molecule has 0 spiro atoms. The number of likely N-dealkylation sites (tertiary alicyclic amines) is 1. The maximum Gasteiger partial charge on any atom is 0.407 e. The summed E-state index contributed by atoms with van der Waals surface area (Å²) in [5.74, 6) is 0.879. The van der Waals surface area contributed by atoms with Gasteiger partial charge in [-0.05, 0) is 46.0 Å². The highest BCUT2D eigenvalue weighted by Crippen LogP contribution is 2.25. The van der Waals surface area contributed by atoms with Crippen LogP contribution in [0.1, 0.15) is 59.3 Å². The molecule has 2 fully saturated rings. The van der Waals surface area contributed by atoms with Gasteiger partial charge in [-0.25, -0.2) is 4.79 Å². The van der Waals surface area contributed by atoms with Crippen molar-refractivity contribution in [2.45, 2.75) is 70.9 Å². The molecule has 0 bridgehead atoms. The molecule has 116 valence electrons. The minimum atomic E-state index is -0.412. The molecule has 1 saturated carbocycles. The Morgan fingerprint density at radius 2 is 1.90 bits per heavy atom. The molecule has 1 aliphatic heterocycles. The van der Waals surface area contributed by atoms with Crippen LogP contribution >= 0.6 is 0 Å². The van der Waals surface area contributed by atoms with Crippen molar-refractivity contribution in [1.29, 1.82) is 0 Å². The molecule has 0 aromatic carbocycles. The second-order valence-electron chi connectivity index (χ2n) is 7.40. The minimum Gasteiger partial charge on any atom is -0.444 e. The van der Waals surface area contributed by atoms with Gasteiger partial charge in [0.2, 0.25) is 0 Å². The van der Waals surface area contributed by atoms with E-state index in [2.05, 4.69) is 10.2 Å². The number of amides is 1. The molecule has 1 aliphatic carbocycles. The van der Waals surface area contributed by atoms with Gasteiger partial charge >= 0.3 is 6.09 Å². The van der Waals surface area contributed by atoms with Crippen molar-refractivity contribution < 1.29 is 9.53 Å². The molecule has 1 N–H and O–H groups in total. The van der Waals surface area contributed by atoms with Gasteiger partial charge in [-0.3, -0.25) is 0 Å². The summed E-state index contributed by atoms with van der Waals surface area (Å²) in [4.78, 5) is 14.3. The Bertz CT molecular complexity index is 319. The van der Waals surface area contributed by atoms with Crippen LogP contribution < -0.4 is 5.32 Å². The van der Waals surface area contributed by atoms with Crippen LogP contribution in [0.5, 0.6) is 0 Å². The van der Waals surface area contributed by atoms with Crippen molar-refractivity contribution in [3.05, 3.63) is 0 Å². The fourth-order valence-electron chi connectivity index (χ4n) is 3.33. The first-order valence-corrected chi connectivity index (χ1v) is 8.14. The lowest BCUT2D eigenvalue weighted by molar-refractivity contribution is 0.0505. The first kappa shape index (κ1) is 15.6. The quantitative estimate of drug-likeness (QED) is 0.864. The summed E-state index contributed by atoms with van der Waals surface area (Å²) >= 11 is 0. The van der Waals surface area contributed by atoms with Crippen LogP contribution in [0.2, 0.25) is 0 Å². The van der Waals surface area contributed by atoms with E-state index in [0.29, 0.717) is 0 Å². The van der Waals surface area contributed by atoms with Gasteiger partial charge in [0.15, 0.2) is 0 Å². The normalized spacial score (nSPS) is 25.6. The smallest absolute Gasteiger partial charge is 0.407 e. The maximum absolute atomic E-state index is 11.8. The molecule has 1 saturated heterocycles. The van der Waals surface area contributed by atoms with Gasteiger partial charge in [-0.15, -0.1) is 0 Å². The van der Waals surface area contributed by atoms with Crippen molar-refractivity contribution in [3.8, 4) is 0 Å². The number of alkyl carbamates (subject to hydrolysis) is 1. The van der Waals surface area contributed by atoms with E-state index in [1.807, 2.05) is 20.8 Å². The standard InChI is InChI=1S/C16H30N2O2/c1-16(2,3)20-15(19)17-14-9-10-18(12-14)11-13-7-5-4-6-8-13/h13-14H,4-12H2,1-3H3,(H,17,19)/t14-/m0/s1. The van der Waals surface area contributed by atoms with E-state index < -0.39 is 5.60 Å². The lowest BCUT2D eigenvalue weighted by Crippen LogP contribution is -2.41. The van der Waals surface area contributed by atoms with E-state index in [0.717, 1.165) is 25.4 Å². The minimum absolute atomic E-state index is 0.258. The molecule has 4 heteroatoms. The van der Waals surface area contributed by atoms with Gasteiger partial charge in [0, 0.05) is 25.7 Å². The summed E-state index contributed by atoms with van der Waals surface area (Å²) in [6.45, 7) is 9.00. The third-order valence-electron chi connectivity index (χ3n) is 4.23. The molecule has 0 radical (unpaired) electrons. The summed E-state index contributed by atoms with van der Waals surface area (Å²) in [5.41, 5.74) is -0.412. The highest BCUT2D eigenvalue weighted by atomic mass is 16.6. The summed E-state index contributed by atoms with van der Waals surface area (Å²) in [5, 5.41) is 3.00. The van der Waals surface area contributed by atoms with Gasteiger partial charge in [0.25, 0.3) is 0 Å². The maximum atomic E-state index is 11.8. The lowest BCUT2D eigenvalue weighted by atomic mass is 9.89. The van der Waals surface area contributed by atoms with Gasteiger partial charge in [-0.2, -0.15) is 0 Å². The third kappa shape index (κ3) is 5.31. The number of hydrogen-bond acceptors (Lipinski definition) is 3. The molecule has 4 nitrogen and oxygen atoms in total. The van der Waals surface area contributed by atoms with Crippen LogP contribution in [-0.2, 0) is 4.74 Å². The molecule has 0 aromatic heterocycles. The summed E-state index contributed by atoms with van der Waals surface area (Å²) in [6.07, 6.45) is 7.77. The van der Waals surface area contributed by atoms with Gasteiger partial charge in [0.05, 0.1) is 0 Å². The predicted molar refractivity (Wildman–Crippen MR) is 80.8 cm³/mol. The van der Waals surface area contributed by atoms with E-state index in [9.17, 15) is 4.79 Å². The Morgan fingerprint density at radius 3 is 2.55 bits per heavy atom. The Labute approximate surface area is 123 Å². The SMILES string of the molecule is CC(C)(C)OC(=O)N[C@H]1CCN(CC2CCCCC2)C1. The molecule has 0 aromatic rings. The van der Waals surface area contributed by atoms with Crippen molar-refractivity contribution >= 4 is 6.09 Å². The fraction of sp³-hybridized carbons (Fsp3) is 0.938. The number of ether oxygens (including phenoxy) is 1. The molecule has 2 aliphatic rings. The van der Waals surface area contributed by atoms with E-state index in [4.69, 9.17) is 4.74 Å². The van der Waals surface area contributed by atoms with Crippen molar-refractivity contribution in [2.24, 2.45) is 5.92 Å². The van der Waals surface area contributed by atoms with E-state index >= 15 is 0 Å². The van der Waals surface area contributed by atoms with Crippen LogP contribution in [-0.4, -0.2) is 42.3 Å². The lowest BCUT2D eigenvalue weighted by Gasteiger charge is -2.27.